The van der Waals surface area contributed by atoms with E-state index in [2.05, 4.69) is 10.3 Å². The average molecular weight is 337 g/mol. The smallest absolute Gasteiger partial charge is 0.258 e. The number of nitrogens with zero attached hydrogens (tertiary/aromatic N) is 1. The number of benzene rings is 1. The van der Waals surface area contributed by atoms with E-state index in [0.717, 1.165) is 11.8 Å². The first-order chi connectivity index (χ1) is 12.2. The predicted molar refractivity (Wildman–Crippen MR) is 98.0 cm³/mol. The molecule has 128 valence electrons. The second-order valence-electron chi connectivity index (χ2n) is 4.98. The molecule has 0 fully saturated rings. The molecule has 3 N–H and O–H groups in total. The number of aliphatic hydroxyl groups is 1. The number of hydrogen-bond donors (Lipinski definition) is 3. The summed E-state index contributed by atoms with van der Waals surface area (Å²) in [6.45, 7) is 2.46. The summed E-state index contributed by atoms with van der Waals surface area (Å²) in [5.41, 5.74) is 1.80. The molecule has 0 radical (unpaired) electrons. The first kappa shape index (κ1) is 17.9. The van der Waals surface area contributed by atoms with Gasteiger partial charge in [0.15, 0.2) is 0 Å². The zero-order chi connectivity index (χ0) is 18.1. The normalized spacial score (nSPS) is 11.7. The summed E-state index contributed by atoms with van der Waals surface area (Å²) in [7, 11) is 0. The molecule has 1 amide bonds. The van der Waals surface area contributed by atoms with E-state index in [9.17, 15) is 9.90 Å². The van der Waals surface area contributed by atoms with Gasteiger partial charge in [-0.15, -0.1) is 0 Å². The van der Waals surface area contributed by atoms with E-state index < -0.39 is 5.91 Å². The van der Waals surface area contributed by atoms with E-state index >= 15 is 0 Å². The Morgan fingerprint density at radius 3 is 2.48 bits per heavy atom. The number of aliphatic hydroxyl groups excluding tert-OH is 1. The van der Waals surface area contributed by atoms with Crippen molar-refractivity contribution >= 4 is 23.4 Å². The Hall–Kier alpha value is -3.41. The average Bonchev–Trinajstić information content (AvgIpc) is 2.65. The molecule has 0 aliphatic rings. The Labute approximate surface area is 146 Å². The van der Waals surface area contributed by atoms with Gasteiger partial charge in [0, 0.05) is 29.9 Å². The van der Waals surface area contributed by atoms with Crippen LogP contribution in [0.1, 0.15) is 12.5 Å². The van der Waals surface area contributed by atoms with E-state index in [1.807, 2.05) is 6.92 Å². The lowest BCUT2D eigenvalue weighted by Gasteiger charge is -2.08. The molecule has 0 aliphatic heterocycles. The molecule has 0 unspecified atom stereocenters. The van der Waals surface area contributed by atoms with E-state index in [0.29, 0.717) is 29.9 Å². The summed E-state index contributed by atoms with van der Waals surface area (Å²) in [6.07, 6.45) is 6.45. The zero-order valence-corrected chi connectivity index (χ0v) is 13.8. The largest absolute Gasteiger partial charge is 0.515 e. The summed E-state index contributed by atoms with van der Waals surface area (Å²) in [5.74, 6) is 0.224. The number of amides is 1. The number of nitrogens with one attached hydrogen (secondary N) is 2. The van der Waals surface area contributed by atoms with Gasteiger partial charge in [0.05, 0.1) is 18.4 Å². The van der Waals surface area contributed by atoms with Crippen molar-refractivity contribution in [3.05, 3.63) is 72.3 Å². The Balaban J connectivity index is 2.15. The quantitative estimate of drug-likeness (QED) is 0.311. The minimum atomic E-state index is -0.486. The number of carbonyl (C=O) groups excluding carboxylic acids is 1. The monoisotopic (exact) mass is 337 g/mol. The first-order valence-electron chi connectivity index (χ1n) is 7.69. The Morgan fingerprint density at radius 2 is 1.92 bits per heavy atom. The van der Waals surface area contributed by atoms with Crippen LogP contribution in [0.15, 0.2) is 66.7 Å². The molecule has 2 rings (SSSR count). The standard InChI is InChI=1S/C19H19N3O3/c1-2-25-18-5-3-17(4-6-18)22-19(24)16(13-23)11-15(12-20)14-7-9-21-10-8-14/h3-13,20,23H,2H2,1H3,(H,22,24). The lowest BCUT2D eigenvalue weighted by atomic mass is 10.1. The van der Waals surface area contributed by atoms with Gasteiger partial charge in [-0.05, 0) is 55.0 Å². The number of carbonyl (C=O) groups is 1. The zero-order valence-electron chi connectivity index (χ0n) is 13.8. The maximum absolute atomic E-state index is 12.3. The van der Waals surface area contributed by atoms with Crippen molar-refractivity contribution in [3.8, 4) is 5.75 Å². The van der Waals surface area contributed by atoms with Crippen LogP contribution in [0.4, 0.5) is 5.69 Å². The minimum Gasteiger partial charge on any atom is -0.515 e. The van der Waals surface area contributed by atoms with Gasteiger partial charge in [-0.25, -0.2) is 0 Å². The molecule has 0 aliphatic carbocycles. The molecule has 6 nitrogen and oxygen atoms in total. The summed E-state index contributed by atoms with van der Waals surface area (Å²) < 4.78 is 5.35. The Bertz CT molecular complexity index is 781. The molecule has 1 aromatic carbocycles. The molecule has 6 heteroatoms. The summed E-state index contributed by atoms with van der Waals surface area (Å²) >= 11 is 0. The van der Waals surface area contributed by atoms with Crippen molar-refractivity contribution in [2.24, 2.45) is 0 Å². The second-order valence-corrected chi connectivity index (χ2v) is 4.98. The lowest BCUT2D eigenvalue weighted by Crippen LogP contribution is -2.13. The van der Waals surface area contributed by atoms with Crippen LogP contribution in [0.5, 0.6) is 5.75 Å². The van der Waals surface area contributed by atoms with Crippen LogP contribution in [0, 0.1) is 5.41 Å². The summed E-state index contributed by atoms with van der Waals surface area (Å²) in [6, 6.07) is 10.4. The molecule has 0 spiro atoms. The fraction of sp³-hybridized carbons (Fsp3) is 0.105. The number of pyridine rings is 1. The van der Waals surface area contributed by atoms with Crippen LogP contribution < -0.4 is 10.1 Å². The second kappa shape index (κ2) is 9.02. The predicted octanol–water partition coefficient (Wildman–Crippen LogP) is 3.59. The van der Waals surface area contributed by atoms with Gasteiger partial charge in [-0.1, -0.05) is 0 Å². The van der Waals surface area contributed by atoms with Crippen LogP contribution in [-0.4, -0.2) is 28.8 Å². The third kappa shape index (κ3) is 5.04. The van der Waals surface area contributed by atoms with Gasteiger partial charge in [0.25, 0.3) is 5.91 Å². The first-order valence-corrected chi connectivity index (χ1v) is 7.69. The van der Waals surface area contributed by atoms with Crippen LogP contribution in [0.25, 0.3) is 5.57 Å². The SMILES string of the molecule is CCOc1ccc(NC(=O)C(=CO)C=C(C=N)c2ccncc2)cc1. The highest BCUT2D eigenvalue weighted by Gasteiger charge is 2.10. The van der Waals surface area contributed by atoms with Crippen molar-refractivity contribution in [2.45, 2.75) is 6.92 Å². The highest BCUT2D eigenvalue weighted by molar-refractivity contribution is 6.14. The fourth-order valence-corrected chi connectivity index (χ4v) is 2.09. The van der Waals surface area contributed by atoms with Gasteiger partial charge < -0.3 is 20.6 Å². The van der Waals surface area contributed by atoms with Gasteiger partial charge in [-0.2, -0.15) is 0 Å². The van der Waals surface area contributed by atoms with Crippen molar-refractivity contribution in [3.63, 3.8) is 0 Å². The number of aromatic nitrogens is 1. The van der Waals surface area contributed by atoms with E-state index in [4.69, 9.17) is 10.1 Å². The number of hydrogen-bond acceptors (Lipinski definition) is 5. The maximum Gasteiger partial charge on any atom is 0.258 e. The van der Waals surface area contributed by atoms with Gasteiger partial charge in [0.2, 0.25) is 0 Å². The molecular formula is C19H19N3O3. The Kier molecular flexibility index (Phi) is 6.47. The molecule has 2 aromatic rings. The van der Waals surface area contributed by atoms with Gasteiger partial charge in [-0.3, -0.25) is 9.78 Å². The highest BCUT2D eigenvalue weighted by atomic mass is 16.5. The Morgan fingerprint density at radius 1 is 1.24 bits per heavy atom. The molecule has 0 saturated carbocycles. The van der Waals surface area contributed by atoms with E-state index in [1.54, 1.807) is 48.8 Å². The fourth-order valence-electron chi connectivity index (χ4n) is 2.09. The van der Waals surface area contributed by atoms with Gasteiger partial charge in [0.1, 0.15) is 5.75 Å². The van der Waals surface area contributed by atoms with E-state index in [-0.39, 0.29) is 5.57 Å². The third-order valence-corrected chi connectivity index (χ3v) is 3.30. The lowest BCUT2D eigenvalue weighted by molar-refractivity contribution is -0.112. The number of anilines is 1. The van der Waals surface area contributed by atoms with Crippen molar-refractivity contribution in [1.82, 2.24) is 4.98 Å². The number of allylic oxidation sites excluding steroid dienone is 1. The van der Waals surface area contributed by atoms with Crippen molar-refractivity contribution < 1.29 is 14.6 Å². The van der Waals surface area contributed by atoms with Crippen LogP contribution in [0.2, 0.25) is 0 Å². The summed E-state index contributed by atoms with van der Waals surface area (Å²) in [4.78, 5) is 16.3. The molecular weight excluding hydrogens is 318 g/mol. The molecule has 0 bridgehead atoms. The van der Waals surface area contributed by atoms with Gasteiger partial charge >= 0.3 is 0 Å². The third-order valence-electron chi connectivity index (χ3n) is 3.30. The maximum atomic E-state index is 12.3. The number of rotatable bonds is 7. The number of ether oxygens (including phenoxy) is 1. The summed E-state index contributed by atoms with van der Waals surface area (Å²) in [5, 5.41) is 19.6. The molecule has 25 heavy (non-hydrogen) atoms. The molecule has 0 atom stereocenters. The van der Waals surface area contributed by atoms with Crippen molar-refractivity contribution in [2.75, 3.05) is 11.9 Å². The molecule has 0 saturated heterocycles. The van der Waals surface area contributed by atoms with Crippen LogP contribution in [0.3, 0.4) is 0 Å². The molecule has 1 aromatic heterocycles. The van der Waals surface area contributed by atoms with Crippen LogP contribution >= 0.6 is 0 Å². The molecule has 1 heterocycles. The van der Waals surface area contributed by atoms with E-state index in [1.165, 1.54) is 6.08 Å². The van der Waals surface area contributed by atoms with Crippen LogP contribution in [-0.2, 0) is 4.79 Å². The minimum absolute atomic E-state index is 0.0317. The highest BCUT2D eigenvalue weighted by Crippen LogP contribution is 2.18. The topological polar surface area (TPSA) is 95.3 Å². The van der Waals surface area contributed by atoms with Crippen molar-refractivity contribution in [1.29, 1.82) is 5.41 Å².